The van der Waals surface area contributed by atoms with E-state index in [0.29, 0.717) is 12.8 Å². The predicted molar refractivity (Wildman–Crippen MR) is 93.5 cm³/mol. The van der Waals surface area contributed by atoms with Crippen molar-refractivity contribution in [2.75, 3.05) is 12.8 Å². The summed E-state index contributed by atoms with van der Waals surface area (Å²) in [6.07, 6.45) is 1.15. The van der Waals surface area contributed by atoms with Crippen LogP contribution in [0.3, 0.4) is 0 Å². The van der Waals surface area contributed by atoms with Gasteiger partial charge >= 0.3 is 6.03 Å². The molecule has 8 nitrogen and oxygen atoms in total. The molecular formula is C16H22N4O4S. The summed E-state index contributed by atoms with van der Waals surface area (Å²) in [5.41, 5.74) is 0.770. The number of carbonyl (C=O) groups excluding carboxylic acids is 2. The Kier molecular flexibility index (Phi) is 5.91. The van der Waals surface area contributed by atoms with Gasteiger partial charge in [-0.1, -0.05) is 43.7 Å². The van der Waals surface area contributed by atoms with Crippen LogP contribution in [-0.2, 0) is 21.4 Å². The lowest BCUT2D eigenvalue weighted by atomic mass is 10.1. The van der Waals surface area contributed by atoms with Crippen LogP contribution >= 0.6 is 0 Å². The number of sulfonamides is 1. The molecular weight excluding hydrogens is 344 g/mol. The number of nitrogens with one attached hydrogen (secondary N) is 2. The maximum atomic E-state index is 12.4. The second-order valence-electron chi connectivity index (χ2n) is 5.84. The molecule has 0 aromatic heterocycles. The second kappa shape index (κ2) is 7.75. The molecule has 1 saturated heterocycles. The standard InChI is InChI=1S/C16H22N4O4S/c1-3-4-10-25(23,24)19(2)13-14(17)20(16(22)18-15(13)21)11-12-8-6-5-7-9-12/h5-9,13,17H,3-4,10-11H2,1-2H3,(H,18,21,22). The molecule has 1 aromatic carbocycles. The number of rotatable bonds is 7. The van der Waals surface area contributed by atoms with Crippen LogP contribution in [0.2, 0.25) is 0 Å². The van der Waals surface area contributed by atoms with E-state index < -0.39 is 28.0 Å². The Morgan fingerprint density at radius 1 is 1.24 bits per heavy atom. The Bertz CT molecular complexity index is 764. The lowest BCUT2D eigenvalue weighted by Crippen LogP contribution is -2.65. The van der Waals surface area contributed by atoms with Gasteiger partial charge in [-0.15, -0.1) is 0 Å². The number of benzene rings is 1. The van der Waals surface area contributed by atoms with Crippen LogP contribution < -0.4 is 5.32 Å². The number of likely N-dealkylation sites (N-methyl/N-ethyl adjacent to an activating group) is 1. The number of carbonyl (C=O) groups is 2. The number of unbranched alkanes of at least 4 members (excludes halogenated alkanes) is 1. The number of hydrogen-bond donors (Lipinski definition) is 2. The van der Waals surface area contributed by atoms with E-state index in [9.17, 15) is 18.0 Å². The van der Waals surface area contributed by atoms with E-state index in [1.165, 1.54) is 7.05 Å². The fourth-order valence-corrected chi connectivity index (χ4v) is 3.97. The van der Waals surface area contributed by atoms with E-state index in [-0.39, 0.29) is 18.1 Å². The molecule has 1 atom stereocenters. The first-order valence-electron chi connectivity index (χ1n) is 7.98. The highest BCUT2D eigenvalue weighted by atomic mass is 32.2. The number of urea groups is 1. The molecule has 0 aliphatic carbocycles. The summed E-state index contributed by atoms with van der Waals surface area (Å²) >= 11 is 0. The normalized spacial score (nSPS) is 18.6. The number of amides is 3. The minimum atomic E-state index is -3.71. The molecule has 2 N–H and O–H groups in total. The van der Waals surface area contributed by atoms with Gasteiger partial charge in [0.25, 0.3) is 5.91 Å². The van der Waals surface area contributed by atoms with Gasteiger partial charge in [-0.25, -0.2) is 13.2 Å². The summed E-state index contributed by atoms with van der Waals surface area (Å²) in [5.74, 6) is -1.26. The molecule has 3 amide bonds. The first kappa shape index (κ1) is 19.1. The molecule has 136 valence electrons. The number of nitrogens with zero attached hydrogens (tertiary/aromatic N) is 2. The summed E-state index contributed by atoms with van der Waals surface area (Å²) in [7, 11) is -2.44. The number of hydrogen-bond acceptors (Lipinski definition) is 5. The Morgan fingerprint density at radius 2 is 1.88 bits per heavy atom. The van der Waals surface area contributed by atoms with Crippen molar-refractivity contribution in [2.24, 2.45) is 0 Å². The molecule has 0 bridgehead atoms. The minimum absolute atomic E-state index is 0.0815. The zero-order chi connectivity index (χ0) is 18.6. The smallest absolute Gasteiger partial charge is 0.286 e. The third-order valence-corrected chi connectivity index (χ3v) is 5.91. The van der Waals surface area contributed by atoms with Gasteiger partial charge in [0.15, 0.2) is 6.04 Å². The fraction of sp³-hybridized carbons (Fsp3) is 0.438. The molecule has 1 fully saturated rings. The van der Waals surface area contributed by atoms with Gasteiger partial charge in [0.1, 0.15) is 5.84 Å². The third-order valence-electron chi connectivity index (χ3n) is 4.02. The number of imide groups is 1. The molecule has 0 saturated carbocycles. The maximum absolute atomic E-state index is 12.4. The van der Waals surface area contributed by atoms with Gasteiger partial charge < -0.3 is 0 Å². The van der Waals surface area contributed by atoms with Crippen molar-refractivity contribution < 1.29 is 18.0 Å². The van der Waals surface area contributed by atoms with Gasteiger partial charge in [-0.2, -0.15) is 4.31 Å². The highest BCUT2D eigenvalue weighted by Crippen LogP contribution is 2.17. The first-order valence-corrected chi connectivity index (χ1v) is 9.59. The quantitative estimate of drug-likeness (QED) is 0.754. The van der Waals surface area contributed by atoms with Crippen molar-refractivity contribution in [1.82, 2.24) is 14.5 Å². The molecule has 1 heterocycles. The molecule has 1 aromatic rings. The second-order valence-corrected chi connectivity index (χ2v) is 7.99. The Hall–Kier alpha value is -2.26. The first-order chi connectivity index (χ1) is 11.8. The molecule has 2 rings (SSSR count). The lowest BCUT2D eigenvalue weighted by Gasteiger charge is -2.36. The molecule has 9 heteroatoms. The van der Waals surface area contributed by atoms with Crippen molar-refractivity contribution in [3.8, 4) is 0 Å². The van der Waals surface area contributed by atoms with Crippen molar-refractivity contribution >= 4 is 27.8 Å². The van der Waals surface area contributed by atoms with Crippen LogP contribution in [0.5, 0.6) is 0 Å². The van der Waals surface area contributed by atoms with Gasteiger partial charge in [0, 0.05) is 7.05 Å². The largest absolute Gasteiger partial charge is 0.329 e. The van der Waals surface area contributed by atoms with E-state index in [0.717, 1.165) is 14.8 Å². The van der Waals surface area contributed by atoms with E-state index >= 15 is 0 Å². The highest BCUT2D eigenvalue weighted by Gasteiger charge is 2.43. The van der Waals surface area contributed by atoms with Crippen LogP contribution in [-0.4, -0.2) is 54.2 Å². The van der Waals surface area contributed by atoms with Crippen molar-refractivity contribution in [2.45, 2.75) is 32.4 Å². The average Bonchev–Trinajstić information content (AvgIpc) is 2.57. The molecule has 0 spiro atoms. The Labute approximate surface area is 147 Å². The van der Waals surface area contributed by atoms with Crippen molar-refractivity contribution in [3.05, 3.63) is 35.9 Å². The SMILES string of the molecule is CCCCS(=O)(=O)N(C)C1C(=N)N(Cc2ccccc2)C(=O)NC1=O. The van der Waals surface area contributed by atoms with Crippen molar-refractivity contribution in [3.63, 3.8) is 0 Å². The Morgan fingerprint density at radius 3 is 2.48 bits per heavy atom. The summed E-state index contributed by atoms with van der Waals surface area (Å²) in [5, 5.41) is 10.4. The van der Waals surface area contributed by atoms with Gasteiger partial charge in [0.2, 0.25) is 10.0 Å². The van der Waals surface area contributed by atoms with Crippen LogP contribution in [0.15, 0.2) is 30.3 Å². The monoisotopic (exact) mass is 366 g/mol. The molecule has 1 unspecified atom stereocenters. The zero-order valence-corrected chi connectivity index (χ0v) is 15.0. The zero-order valence-electron chi connectivity index (χ0n) is 14.2. The summed E-state index contributed by atoms with van der Waals surface area (Å²) in [4.78, 5) is 25.3. The van der Waals surface area contributed by atoms with E-state index in [1.54, 1.807) is 24.3 Å². The van der Waals surface area contributed by atoms with Crippen LogP contribution in [0.4, 0.5) is 4.79 Å². The third kappa shape index (κ3) is 4.23. The fourth-order valence-electron chi connectivity index (χ4n) is 2.51. The lowest BCUT2D eigenvalue weighted by molar-refractivity contribution is -0.122. The van der Waals surface area contributed by atoms with E-state index in [4.69, 9.17) is 5.41 Å². The van der Waals surface area contributed by atoms with Gasteiger partial charge in [-0.3, -0.25) is 20.4 Å². The van der Waals surface area contributed by atoms with Gasteiger partial charge in [-0.05, 0) is 12.0 Å². The van der Waals surface area contributed by atoms with Gasteiger partial charge in [0.05, 0.1) is 12.3 Å². The molecule has 25 heavy (non-hydrogen) atoms. The molecule has 1 aliphatic heterocycles. The Balaban J connectivity index is 2.25. The predicted octanol–water partition coefficient (Wildman–Crippen LogP) is 1.15. The molecule has 0 radical (unpaired) electrons. The topological polar surface area (TPSA) is 111 Å². The summed E-state index contributed by atoms with van der Waals surface area (Å²) in [6.45, 7) is 1.95. The average molecular weight is 366 g/mol. The van der Waals surface area contributed by atoms with Crippen molar-refractivity contribution in [1.29, 1.82) is 5.41 Å². The van der Waals surface area contributed by atoms with Crippen LogP contribution in [0.1, 0.15) is 25.3 Å². The van der Waals surface area contributed by atoms with E-state index in [1.807, 2.05) is 13.0 Å². The summed E-state index contributed by atoms with van der Waals surface area (Å²) in [6, 6.07) is 6.90. The van der Waals surface area contributed by atoms with E-state index in [2.05, 4.69) is 5.32 Å². The van der Waals surface area contributed by atoms with Crippen LogP contribution in [0, 0.1) is 5.41 Å². The summed E-state index contributed by atoms with van der Waals surface area (Å²) < 4.78 is 25.6. The van der Waals surface area contributed by atoms with Crippen LogP contribution in [0.25, 0.3) is 0 Å². The maximum Gasteiger partial charge on any atom is 0.329 e. The molecule has 1 aliphatic rings. The highest BCUT2D eigenvalue weighted by molar-refractivity contribution is 7.89. The number of amidine groups is 1. The minimum Gasteiger partial charge on any atom is -0.286 e.